The first-order valence-electron chi connectivity index (χ1n) is 5.22. The van der Waals surface area contributed by atoms with Crippen LogP contribution in [0.15, 0.2) is 39.9 Å². The van der Waals surface area contributed by atoms with Gasteiger partial charge in [0.1, 0.15) is 12.0 Å². The van der Waals surface area contributed by atoms with Crippen molar-refractivity contribution in [3.8, 4) is 11.5 Å². The molecule has 0 fully saturated rings. The molecule has 0 saturated heterocycles. The predicted octanol–water partition coefficient (Wildman–Crippen LogP) is 1.42. The van der Waals surface area contributed by atoms with Crippen molar-refractivity contribution in [1.82, 2.24) is 4.98 Å². The maximum absolute atomic E-state index is 5.36. The lowest BCUT2D eigenvalue weighted by molar-refractivity contribution is 0.572. The molecule has 0 saturated carbocycles. The largest absolute Gasteiger partial charge is 0.444 e. The monoisotopic (exact) mass is 230 g/mol. The molecule has 88 valence electrons. The van der Waals surface area contributed by atoms with Crippen molar-refractivity contribution in [1.29, 1.82) is 0 Å². The van der Waals surface area contributed by atoms with E-state index in [0.717, 1.165) is 5.56 Å². The van der Waals surface area contributed by atoms with Gasteiger partial charge >= 0.3 is 0 Å². The number of guanidine groups is 1. The van der Waals surface area contributed by atoms with E-state index in [2.05, 4.69) is 9.98 Å². The van der Waals surface area contributed by atoms with E-state index in [1.54, 1.807) is 6.26 Å². The van der Waals surface area contributed by atoms with Crippen LogP contribution in [-0.4, -0.2) is 10.9 Å². The van der Waals surface area contributed by atoms with Crippen molar-refractivity contribution in [2.75, 3.05) is 0 Å². The molecule has 1 aromatic heterocycles. The molecule has 4 N–H and O–H groups in total. The second-order valence-corrected chi connectivity index (χ2v) is 3.75. The van der Waals surface area contributed by atoms with Crippen molar-refractivity contribution in [3.63, 3.8) is 0 Å². The minimum Gasteiger partial charge on any atom is -0.444 e. The normalized spacial score (nSPS) is 10.2. The van der Waals surface area contributed by atoms with Gasteiger partial charge in [-0.2, -0.15) is 0 Å². The van der Waals surface area contributed by atoms with Gasteiger partial charge in [0.15, 0.2) is 5.96 Å². The van der Waals surface area contributed by atoms with Gasteiger partial charge in [0.05, 0.1) is 6.54 Å². The second-order valence-electron chi connectivity index (χ2n) is 3.75. The molecular formula is C12H14N4O. The number of benzene rings is 1. The van der Waals surface area contributed by atoms with Crippen molar-refractivity contribution < 1.29 is 4.42 Å². The minimum absolute atomic E-state index is 0.0462. The fourth-order valence-electron chi connectivity index (χ4n) is 1.38. The third kappa shape index (κ3) is 2.84. The summed E-state index contributed by atoms with van der Waals surface area (Å²) in [5, 5.41) is 0. The van der Waals surface area contributed by atoms with Gasteiger partial charge in [-0.25, -0.2) is 9.98 Å². The molecule has 0 spiro atoms. The molecule has 1 aromatic carbocycles. The number of rotatable bonds is 3. The summed E-state index contributed by atoms with van der Waals surface area (Å²) in [4.78, 5) is 8.16. The van der Waals surface area contributed by atoms with Gasteiger partial charge in [-0.3, -0.25) is 0 Å². The highest BCUT2D eigenvalue weighted by atomic mass is 16.3. The SMILES string of the molecule is Cc1ccc(-c2nc(CN=C(N)N)co2)cc1. The van der Waals surface area contributed by atoms with Crippen LogP contribution in [0.2, 0.25) is 0 Å². The number of hydrogen-bond donors (Lipinski definition) is 2. The van der Waals surface area contributed by atoms with E-state index >= 15 is 0 Å². The van der Waals surface area contributed by atoms with Gasteiger partial charge in [0, 0.05) is 5.56 Å². The molecule has 0 aliphatic rings. The van der Waals surface area contributed by atoms with Crippen LogP contribution in [-0.2, 0) is 6.54 Å². The molecule has 0 radical (unpaired) electrons. The van der Waals surface area contributed by atoms with Crippen LogP contribution in [0.1, 0.15) is 11.3 Å². The van der Waals surface area contributed by atoms with Gasteiger partial charge in [0.2, 0.25) is 5.89 Å². The van der Waals surface area contributed by atoms with E-state index in [4.69, 9.17) is 15.9 Å². The summed E-state index contributed by atoms with van der Waals surface area (Å²) in [5.74, 6) is 0.621. The molecule has 2 aromatic rings. The topological polar surface area (TPSA) is 90.4 Å². The van der Waals surface area contributed by atoms with E-state index in [-0.39, 0.29) is 5.96 Å². The molecule has 5 nitrogen and oxygen atoms in total. The highest BCUT2D eigenvalue weighted by molar-refractivity contribution is 5.75. The van der Waals surface area contributed by atoms with Crippen LogP contribution in [0.4, 0.5) is 0 Å². The number of nitrogens with two attached hydrogens (primary N) is 2. The van der Waals surface area contributed by atoms with Gasteiger partial charge in [-0.1, -0.05) is 17.7 Å². The second kappa shape index (κ2) is 4.69. The molecule has 2 rings (SSSR count). The Hall–Kier alpha value is -2.30. The number of aryl methyl sites for hydroxylation is 1. The number of oxazole rings is 1. The lowest BCUT2D eigenvalue weighted by Crippen LogP contribution is -2.22. The van der Waals surface area contributed by atoms with Crippen LogP contribution in [0.3, 0.4) is 0 Å². The van der Waals surface area contributed by atoms with Crippen molar-refractivity contribution in [2.24, 2.45) is 16.5 Å². The number of aliphatic imine (C=N–C) groups is 1. The smallest absolute Gasteiger partial charge is 0.226 e. The van der Waals surface area contributed by atoms with Crippen LogP contribution in [0, 0.1) is 6.92 Å². The Morgan fingerprint density at radius 1 is 1.29 bits per heavy atom. The molecule has 0 unspecified atom stereocenters. The van der Waals surface area contributed by atoms with E-state index in [1.807, 2.05) is 31.2 Å². The maximum atomic E-state index is 5.36. The average Bonchev–Trinajstić information content (AvgIpc) is 2.76. The first kappa shape index (κ1) is 11.2. The van der Waals surface area contributed by atoms with Crippen LogP contribution < -0.4 is 11.5 Å². The molecule has 1 heterocycles. The average molecular weight is 230 g/mol. The Balaban J connectivity index is 2.18. The third-order valence-corrected chi connectivity index (χ3v) is 2.27. The Bertz CT molecular complexity index is 524. The van der Waals surface area contributed by atoms with E-state index in [0.29, 0.717) is 18.1 Å². The van der Waals surface area contributed by atoms with Gasteiger partial charge in [-0.05, 0) is 19.1 Å². The van der Waals surface area contributed by atoms with Crippen molar-refractivity contribution >= 4 is 5.96 Å². The Morgan fingerprint density at radius 3 is 2.65 bits per heavy atom. The zero-order valence-corrected chi connectivity index (χ0v) is 9.55. The van der Waals surface area contributed by atoms with Crippen LogP contribution in [0.5, 0.6) is 0 Å². The van der Waals surface area contributed by atoms with Gasteiger partial charge in [-0.15, -0.1) is 0 Å². The van der Waals surface area contributed by atoms with E-state index in [9.17, 15) is 0 Å². The maximum Gasteiger partial charge on any atom is 0.226 e. The Labute approximate surface area is 99.2 Å². The predicted molar refractivity (Wildman–Crippen MR) is 66.2 cm³/mol. The number of hydrogen-bond acceptors (Lipinski definition) is 3. The summed E-state index contributed by atoms with van der Waals surface area (Å²) in [5.41, 5.74) is 13.3. The molecule has 0 amide bonds. The van der Waals surface area contributed by atoms with Crippen LogP contribution >= 0.6 is 0 Å². The molecule has 0 aliphatic heterocycles. The van der Waals surface area contributed by atoms with Crippen LogP contribution in [0.25, 0.3) is 11.5 Å². The first-order chi connectivity index (χ1) is 8.15. The molecule has 0 aliphatic carbocycles. The lowest BCUT2D eigenvalue weighted by Gasteiger charge is -1.95. The van der Waals surface area contributed by atoms with E-state index in [1.165, 1.54) is 5.56 Å². The quantitative estimate of drug-likeness (QED) is 0.616. The fourth-order valence-corrected chi connectivity index (χ4v) is 1.38. The molecule has 5 heteroatoms. The van der Waals surface area contributed by atoms with Gasteiger partial charge in [0.25, 0.3) is 0 Å². The summed E-state index contributed by atoms with van der Waals surface area (Å²) >= 11 is 0. The molecule has 17 heavy (non-hydrogen) atoms. The molecule has 0 bridgehead atoms. The van der Waals surface area contributed by atoms with Gasteiger partial charge < -0.3 is 15.9 Å². The Kier molecular flexibility index (Phi) is 3.09. The third-order valence-electron chi connectivity index (χ3n) is 2.27. The summed E-state index contributed by atoms with van der Waals surface area (Å²) in [6.07, 6.45) is 1.56. The summed E-state index contributed by atoms with van der Waals surface area (Å²) < 4.78 is 5.36. The highest BCUT2D eigenvalue weighted by Crippen LogP contribution is 2.19. The minimum atomic E-state index is 0.0462. The van der Waals surface area contributed by atoms with Crippen molar-refractivity contribution in [3.05, 3.63) is 41.8 Å². The fraction of sp³-hybridized carbons (Fsp3) is 0.167. The molecule has 0 atom stereocenters. The number of nitrogens with zero attached hydrogens (tertiary/aromatic N) is 2. The zero-order valence-electron chi connectivity index (χ0n) is 9.55. The Morgan fingerprint density at radius 2 is 2.00 bits per heavy atom. The standard InChI is InChI=1S/C12H14N4O/c1-8-2-4-9(5-3-8)11-16-10(7-17-11)6-15-12(13)14/h2-5,7H,6H2,1H3,(H4,13,14,15). The number of aromatic nitrogens is 1. The summed E-state index contributed by atoms with van der Waals surface area (Å²) in [6, 6.07) is 7.95. The van der Waals surface area contributed by atoms with E-state index < -0.39 is 0 Å². The summed E-state index contributed by atoms with van der Waals surface area (Å²) in [6.45, 7) is 2.36. The lowest BCUT2D eigenvalue weighted by atomic mass is 10.1. The van der Waals surface area contributed by atoms with Crippen molar-refractivity contribution in [2.45, 2.75) is 13.5 Å². The summed E-state index contributed by atoms with van der Waals surface area (Å²) in [7, 11) is 0. The first-order valence-corrected chi connectivity index (χ1v) is 5.22. The molecular weight excluding hydrogens is 216 g/mol. The highest BCUT2D eigenvalue weighted by Gasteiger charge is 2.05. The zero-order chi connectivity index (χ0) is 12.3.